The Balaban J connectivity index is 1.80. The number of imidazole rings is 1. The van der Waals surface area contributed by atoms with Crippen molar-refractivity contribution in [2.45, 2.75) is 19.4 Å². The summed E-state index contributed by atoms with van der Waals surface area (Å²) >= 11 is 0. The quantitative estimate of drug-likeness (QED) is 0.766. The van der Waals surface area contributed by atoms with Gasteiger partial charge in [0, 0.05) is 23.9 Å². The first-order chi connectivity index (χ1) is 10.1. The number of nitrogens with two attached hydrogens (primary N) is 1. The van der Waals surface area contributed by atoms with Gasteiger partial charge < -0.3 is 15.2 Å². The zero-order valence-electron chi connectivity index (χ0n) is 11.4. The minimum absolute atomic E-state index is 0.265. The molecule has 0 radical (unpaired) electrons. The van der Waals surface area contributed by atoms with Gasteiger partial charge in [-0.2, -0.15) is 4.98 Å². The standard InChI is InChI=1S/C14H14FN5O/c1-8-4-9(2-3-11(8)15)13-19-14(21-20-13)12(16)5-10-6-17-7-18-10/h2-4,6-7,12H,5,16H2,1H3,(H,17,18). The van der Waals surface area contributed by atoms with Crippen LogP contribution in [-0.4, -0.2) is 20.1 Å². The van der Waals surface area contributed by atoms with Crippen molar-refractivity contribution in [3.05, 3.63) is 53.7 Å². The Bertz CT molecular complexity index is 738. The van der Waals surface area contributed by atoms with E-state index in [2.05, 4.69) is 20.1 Å². The van der Waals surface area contributed by atoms with Crippen LogP contribution in [0.5, 0.6) is 0 Å². The van der Waals surface area contributed by atoms with Crippen LogP contribution in [0.25, 0.3) is 11.4 Å². The first-order valence-electron chi connectivity index (χ1n) is 6.46. The Hall–Kier alpha value is -2.54. The topological polar surface area (TPSA) is 93.6 Å². The van der Waals surface area contributed by atoms with Gasteiger partial charge in [0.2, 0.25) is 11.7 Å². The summed E-state index contributed by atoms with van der Waals surface area (Å²) in [6, 6.07) is 4.24. The van der Waals surface area contributed by atoms with E-state index in [4.69, 9.17) is 10.3 Å². The third-order valence-corrected chi connectivity index (χ3v) is 3.17. The van der Waals surface area contributed by atoms with E-state index in [-0.39, 0.29) is 5.82 Å². The zero-order valence-corrected chi connectivity index (χ0v) is 11.4. The third kappa shape index (κ3) is 2.82. The minimum Gasteiger partial charge on any atom is -0.348 e. The molecule has 3 N–H and O–H groups in total. The van der Waals surface area contributed by atoms with Crippen molar-refractivity contribution in [1.29, 1.82) is 0 Å². The summed E-state index contributed by atoms with van der Waals surface area (Å²) in [4.78, 5) is 11.2. The lowest BCUT2D eigenvalue weighted by Crippen LogP contribution is -2.14. The molecule has 0 aliphatic carbocycles. The largest absolute Gasteiger partial charge is 0.348 e. The molecule has 0 aliphatic heterocycles. The molecular weight excluding hydrogens is 273 g/mol. The predicted octanol–water partition coefficient (Wildman–Crippen LogP) is 2.15. The SMILES string of the molecule is Cc1cc(-c2noc(C(N)Cc3cnc[nH]3)n2)ccc1F. The van der Waals surface area contributed by atoms with Crippen LogP contribution in [0.2, 0.25) is 0 Å². The second kappa shape index (κ2) is 5.45. The lowest BCUT2D eigenvalue weighted by atomic mass is 10.1. The maximum atomic E-state index is 13.3. The van der Waals surface area contributed by atoms with Gasteiger partial charge in [-0.05, 0) is 30.7 Å². The van der Waals surface area contributed by atoms with Gasteiger partial charge in [-0.3, -0.25) is 0 Å². The smallest absolute Gasteiger partial charge is 0.244 e. The van der Waals surface area contributed by atoms with Crippen molar-refractivity contribution in [3.63, 3.8) is 0 Å². The summed E-state index contributed by atoms with van der Waals surface area (Å²) < 4.78 is 18.5. The number of nitrogens with zero attached hydrogens (tertiary/aromatic N) is 3. The molecule has 0 bridgehead atoms. The summed E-state index contributed by atoms with van der Waals surface area (Å²) in [5.74, 6) is 0.466. The molecule has 7 heteroatoms. The number of rotatable bonds is 4. The van der Waals surface area contributed by atoms with Gasteiger partial charge >= 0.3 is 0 Å². The van der Waals surface area contributed by atoms with E-state index in [1.807, 2.05) is 0 Å². The molecule has 6 nitrogen and oxygen atoms in total. The van der Waals surface area contributed by atoms with Crippen molar-refractivity contribution >= 4 is 0 Å². The number of nitrogens with one attached hydrogen (secondary N) is 1. The Kier molecular flexibility index (Phi) is 3.49. The van der Waals surface area contributed by atoms with Gasteiger partial charge in [-0.15, -0.1) is 0 Å². The molecule has 1 atom stereocenters. The maximum absolute atomic E-state index is 13.3. The highest BCUT2D eigenvalue weighted by Crippen LogP contribution is 2.21. The summed E-state index contributed by atoms with van der Waals surface area (Å²) in [6.07, 6.45) is 3.80. The summed E-state index contributed by atoms with van der Waals surface area (Å²) in [6.45, 7) is 1.68. The van der Waals surface area contributed by atoms with Gasteiger partial charge in [-0.1, -0.05) is 5.16 Å². The summed E-state index contributed by atoms with van der Waals surface area (Å²) in [5, 5.41) is 3.89. The van der Waals surface area contributed by atoms with Crippen molar-refractivity contribution < 1.29 is 8.91 Å². The van der Waals surface area contributed by atoms with Gasteiger partial charge in [0.15, 0.2) is 0 Å². The Morgan fingerprint density at radius 3 is 3.00 bits per heavy atom. The fourth-order valence-corrected chi connectivity index (χ4v) is 2.01. The van der Waals surface area contributed by atoms with Crippen molar-refractivity contribution in [1.82, 2.24) is 20.1 Å². The molecule has 2 aromatic heterocycles. The number of hydrogen-bond donors (Lipinski definition) is 2. The number of benzene rings is 1. The number of aromatic nitrogens is 4. The lowest BCUT2D eigenvalue weighted by molar-refractivity contribution is 0.354. The van der Waals surface area contributed by atoms with E-state index in [1.54, 1.807) is 31.6 Å². The van der Waals surface area contributed by atoms with Gasteiger partial charge in [0.25, 0.3) is 0 Å². The average Bonchev–Trinajstić information content (AvgIpc) is 3.12. The molecule has 0 amide bonds. The van der Waals surface area contributed by atoms with E-state index >= 15 is 0 Å². The van der Waals surface area contributed by atoms with Crippen LogP contribution < -0.4 is 5.73 Å². The Morgan fingerprint density at radius 1 is 1.43 bits per heavy atom. The molecule has 2 heterocycles. The molecule has 0 saturated carbocycles. The molecule has 21 heavy (non-hydrogen) atoms. The van der Waals surface area contributed by atoms with Crippen LogP contribution in [-0.2, 0) is 6.42 Å². The highest BCUT2D eigenvalue weighted by Gasteiger charge is 2.17. The van der Waals surface area contributed by atoms with Crippen molar-refractivity contribution in [2.24, 2.45) is 5.73 Å². The maximum Gasteiger partial charge on any atom is 0.244 e. The third-order valence-electron chi connectivity index (χ3n) is 3.17. The molecule has 3 rings (SSSR count). The van der Waals surface area contributed by atoms with E-state index < -0.39 is 6.04 Å². The van der Waals surface area contributed by atoms with E-state index in [1.165, 1.54) is 6.07 Å². The molecule has 1 aromatic carbocycles. The number of halogens is 1. The molecule has 0 fully saturated rings. The van der Waals surface area contributed by atoms with Crippen LogP contribution in [0.15, 0.2) is 35.2 Å². The predicted molar refractivity (Wildman–Crippen MR) is 73.6 cm³/mol. The van der Waals surface area contributed by atoms with Crippen LogP contribution in [0, 0.1) is 12.7 Å². The first kappa shape index (κ1) is 13.4. The second-order valence-corrected chi connectivity index (χ2v) is 4.81. The van der Waals surface area contributed by atoms with Crippen molar-refractivity contribution in [2.75, 3.05) is 0 Å². The molecule has 1 unspecified atom stereocenters. The molecule has 0 saturated heterocycles. The second-order valence-electron chi connectivity index (χ2n) is 4.81. The first-order valence-corrected chi connectivity index (χ1v) is 6.46. The number of aromatic amines is 1. The van der Waals surface area contributed by atoms with Gasteiger partial charge in [0.05, 0.1) is 12.4 Å². The fraction of sp³-hybridized carbons (Fsp3) is 0.214. The molecular formula is C14H14FN5O. The molecule has 0 aliphatic rings. The summed E-state index contributed by atoms with van der Waals surface area (Å²) in [5.41, 5.74) is 8.14. The molecule has 0 spiro atoms. The Labute approximate surface area is 120 Å². The zero-order chi connectivity index (χ0) is 14.8. The highest BCUT2D eigenvalue weighted by molar-refractivity contribution is 5.55. The monoisotopic (exact) mass is 287 g/mol. The minimum atomic E-state index is -0.423. The fourth-order valence-electron chi connectivity index (χ4n) is 2.01. The van der Waals surface area contributed by atoms with Crippen LogP contribution in [0.1, 0.15) is 23.2 Å². The number of aryl methyl sites for hydroxylation is 1. The van der Waals surface area contributed by atoms with Crippen LogP contribution in [0.4, 0.5) is 4.39 Å². The van der Waals surface area contributed by atoms with Gasteiger partial charge in [-0.25, -0.2) is 9.37 Å². The van der Waals surface area contributed by atoms with E-state index in [0.717, 1.165) is 5.69 Å². The molecule has 108 valence electrons. The van der Waals surface area contributed by atoms with Crippen molar-refractivity contribution in [3.8, 4) is 11.4 Å². The highest BCUT2D eigenvalue weighted by atomic mass is 19.1. The van der Waals surface area contributed by atoms with E-state index in [0.29, 0.717) is 29.3 Å². The van der Waals surface area contributed by atoms with Gasteiger partial charge in [0.1, 0.15) is 5.82 Å². The molecule has 3 aromatic rings. The average molecular weight is 287 g/mol. The number of H-pyrrole nitrogens is 1. The van der Waals surface area contributed by atoms with E-state index in [9.17, 15) is 4.39 Å². The number of hydrogen-bond acceptors (Lipinski definition) is 5. The van der Waals surface area contributed by atoms with Crippen LogP contribution >= 0.6 is 0 Å². The summed E-state index contributed by atoms with van der Waals surface area (Å²) in [7, 11) is 0. The normalized spacial score (nSPS) is 12.5. The lowest BCUT2D eigenvalue weighted by Gasteiger charge is -2.03. The van der Waals surface area contributed by atoms with Crippen LogP contribution in [0.3, 0.4) is 0 Å². The Morgan fingerprint density at radius 2 is 2.29 bits per heavy atom.